The molecule has 3 aromatic rings. The van der Waals surface area contributed by atoms with Crippen LogP contribution in [0.3, 0.4) is 0 Å². The number of fused-ring (bicyclic) bond motifs is 1. The molecule has 6 heteroatoms. The molecule has 1 heterocycles. The molecule has 0 bridgehead atoms. The molecule has 27 heavy (non-hydrogen) atoms. The highest BCUT2D eigenvalue weighted by Crippen LogP contribution is 2.36. The van der Waals surface area contributed by atoms with E-state index in [-0.39, 0.29) is 11.7 Å². The third-order valence-electron chi connectivity index (χ3n) is 4.47. The van der Waals surface area contributed by atoms with E-state index in [2.05, 4.69) is 4.72 Å². The van der Waals surface area contributed by atoms with E-state index in [4.69, 9.17) is 9.47 Å². The molecule has 3 aromatic carbocycles. The first-order chi connectivity index (χ1) is 13.0. The van der Waals surface area contributed by atoms with Gasteiger partial charge in [-0.15, -0.1) is 0 Å². The first kappa shape index (κ1) is 17.6. The SMILES string of the molecule is Cc1ccc(S(=O)(=O)NC(c2ccccc2)c2ccc3c(c2)OCO3)cc1. The first-order valence-corrected chi connectivity index (χ1v) is 10.0. The van der Waals surface area contributed by atoms with E-state index in [0.717, 1.165) is 16.7 Å². The number of ether oxygens (including phenoxy) is 2. The zero-order valence-electron chi connectivity index (χ0n) is 14.8. The molecule has 138 valence electrons. The Morgan fingerprint density at radius 1 is 0.852 bits per heavy atom. The molecule has 1 aliphatic rings. The molecule has 1 aliphatic heterocycles. The van der Waals surface area contributed by atoms with E-state index < -0.39 is 16.1 Å². The van der Waals surface area contributed by atoms with Crippen molar-refractivity contribution < 1.29 is 17.9 Å². The maximum absolute atomic E-state index is 13.0. The molecular formula is C21H19NO4S. The van der Waals surface area contributed by atoms with Crippen LogP contribution >= 0.6 is 0 Å². The topological polar surface area (TPSA) is 64.6 Å². The summed E-state index contributed by atoms with van der Waals surface area (Å²) >= 11 is 0. The summed E-state index contributed by atoms with van der Waals surface area (Å²) < 4.78 is 39.6. The summed E-state index contributed by atoms with van der Waals surface area (Å²) in [5, 5.41) is 0. The summed E-state index contributed by atoms with van der Waals surface area (Å²) in [6.07, 6.45) is 0. The van der Waals surface area contributed by atoms with Crippen molar-refractivity contribution in [2.45, 2.75) is 17.9 Å². The van der Waals surface area contributed by atoms with Gasteiger partial charge in [-0.1, -0.05) is 54.1 Å². The Balaban J connectivity index is 1.74. The molecule has 4 rings (SSSR count). The van der Waals surface area contributed by atoms with Gasteiger partial charge in [0.25, 0.3) is 0 Å². The van der Waals surface area contributed by atoms with Crippen molar-refractivity contribution in [3.63, 3.8) is 0 Å². The number of hydrogen-bond donors (Lipinski definition) is 1. The second-order valence-electron chi connectivity index (χ2n) is 6.39. The summed E-state index contributed by atoms with van der Waals surface area (Å²) in [7, 11) is -3.71. The van der Waals surface area contributed by atoms with Gasteiger partial charge in [0.1, 0.15) is 0 Å². The van der Waals surface area contributed by atoms with E-state index in [0.29, 0.717) is 11.5 Å². The van der Waals surface area contributed by atoms with Crippen molar-refractivity contribution in [1.29, 1.82) is 0 Å². The van der Waals surface area contributed by atoms with Crippen molar-refractivity contribution in [3.8, 4) is 11.5 Å². The van der Waals surface area contributed by atoms with Crippen molar-refractivity contribution in [1.82, 2.24) is 4.72 Å². The van der Waals surface area contributed by atoms with Crippen LogP contribution in [0.1, 0.15) is 22.7 Å². The maximum Gasteiger partial charge on any atom is 0.241 e. The Kier molecular flexibility index (Phi) is 4.59. The molecule has 0 saturated heterocycles. The molecule has 0 spiro atoms. The Hall–Kier alpha value is -2.83. The van der Waals surface area contributed by atoms with E-state index in [1.807, 2.05) is 49.4 Å². The number of nitrogens with one attached hydrogen (secondary N) is 1. The van der Waals surface area contributed by atoms with Crippen LogP contribution in [0.2, 0.25) is 0 Å². The van der Waals surface area contributed by atoms with E-state index in [9.17, 15) is 8.42 Å². The van der Waals surface area contributed by atoms with Gasteiger partial charge < -0.3 is 9.47 Å². The maximum atomic E-state index is 13.0. The third-order valence-corrected chi connectivity index (χ3v) is 5.91. The molecule has 1 N–H and O–H groups in total. The molecule has 0 aliphatic carbocycles. The van der Waals surface area contributed by atoms with Crippen LogP contribution in [-0.2, 0) is 10.0 Å². The molecular weight excluding hydrogens is 362 g/mol. The predicted octanol–water partition coefficient (Wildman–Crippen LogP) is 3.79. The number of hydrogen-bond acceptors (Lipinski definition) is 4. The first-order valence-electron chi connectivity index (χ1n) is 8.56. The highest BCUT2D eigenvalue weighted by atomic mass is 32.2. The number of sulfonamides is 1. The van der Waals surface area contributed by atoms with Gasteiger partial charge in [0, 0.05) is 0 Å². The van der Waals surface area contributed by atoms with Gasteiger partial charge in [0.05, 0.1) is 10.9 Å². The van der Waals surface area contributed by atoms with Crippen LogP contribution in [0.4, 0.5) is 0 Å². The second kappa shape index (κ2) is 7.06. The zero-order chi connectivity index (χ0) is 18.9. The Labute approximate surface area is 158 Å². The zero-order valence-corrected chi connectivity index (χ0v) is 15.6. The average Bonchev–Trinajstić information content (AvgIpc) is 3.15. The minimum absolute atomic E-state index is 0.171. The fraction of sp³-hybridized carbons (Fsp3) is 0.143. The van der Waals surface area contributed by atoms with E-state index in [1.54, 1.807) is 30.3 Å². The number of aryl methyl sites for hydroxylation is 1. The summed E-state index contributed by atoms with van der Waals surface area (Å²) in [4.78, 5) is 0.231. The van der Waals surface area contributed by atoms with Gasteiger partial charge in [-0.3, -0.25) is 0 Å². The quantitative estimate of drug-likeness (QED) is 0.730. The monoisotopic (exact) mass is 381 g/mol. The van der Waals surface area contributed by atoms with Crippen molar-refractivity contribution in [2.75, 3.05) is 6.79 Å². The van der Waals surface area contributed by atoms with Gasteiger partial charge in [0.2, 0.25) is 16.8 Å². The standard InChI is InChI=1S/C21H19NO4S/c1-15-7-10-18(11-8-15)27(23,24)22-21(16-5-3-2-4-6-16)17-9-12-19-20(13-17)26-14-25-19/h2-13,21-22H,14H2,1H3. The van der Waals surface area contributed by atoms with Gasteiger partial charge in [-0.25, -0.2) is 8.42 Å². The molecule has 0 aromatic heterocycles. The van der Waals surface area contributed by atoms with E-state index >= 15 is 0 Å². The average molecular weight is 381 g/mol. The highest BCUT2D eigenvalue weighted by molar-refractivity contribution is 7.89. The van der Waals surface area contributed by atoms with Gasteiger partial charge in [-0.05, 0) is 42.3 Å². The largest absolute Gasteiger partial charge is 0.454 e. The molecule has 0 saturated carbocycles. The normalized spacial score (nSPS) is 14.1. The van der Waals surface area contributed by atoms with Crippen molar-refractivity contribution in [3.05, 3.63) is 89.5 Å². The lowest BCUT2D eigenvalue weighted by Gasteiger charge is -2.20. The van der Waals surface area contributed by atoms with Gasteiger partial charge in [0.15, 0.2) is 11.5 Å². The predicted molar refractivity (Wildman–Crippen MR) is 102 cm³/mol. The van der Waals surface area contributed by atoms with Crippen LogP contribution in [0.5, 0.6) is 11.5 Å². The summed E-state index contributed by atoms with van der Waals surface area (Å²) in [5.74, 6) is 1.27. The van der Waals surface area contributed by atoms with Crippen molar-refractivity contribution >= 4 is 10.0 Å². The number of benzene rings is 3. The van der Waals surface area contributed by atoms with Crippen LogP contribution in [-0.4, -0.2) is 15.2 Å². The summed E-state index contributed by atoms with van der Waals surface area (Å²) in [6, 6.07) is 21.2. The highest BCUT2D eigenvalue weighted by Gasteiger charge is 2.25. The molecule has 0 radical (unpaired) electrons. The minimum Gasteiger partial charge on any atom is -0.454 e. The number of rotatable bonds is 5. The van der Waals surface area contributed by atoms with Crippen LogP contribution < -0.4 is 14.2 Å². The van der Waals surface area contributed by atoms with Gasteiger partial charge >= 0.3 is 0 Å². The second-order valence-corrected chi connectivity index (χ2v) is 8.10. The lowest BCUT2D eigenvalue weighted by atomic mass is 9.99. The lowest BCUT2D eigenvalue weighted by Crippen LogP contribution is -2.29. The van der Waals surface area contributed by atoms with Gasteiger partial charge in [-0.2, -0.15) is 4.72 Å². The fourth-order valence-corrected chi connectivity index (χ4v) is 4.22. The van der Waals surface area contributed by atoms with Crippen LogP contribution in [0.15, 0.2) is 77.7 Å². The Bertz CT molecular complexity index is 1050. The summed E-state index contributed by atoms with van der Waals surface area (Å²) in [6.45, 7) is 2.09. The molecule has 0 amide bonds. The lowest BCUT2D eigenvalue weighted by molar-refractivity contribution is 0.174. The van der Waals surface area contributed by atoms with Crippen LogP contribution in [0, 0.1) is 6.92 Å². The summed E-state index contributed by atoms with van der Waals surface area (Å²) in [5.41, 5.74) is 2.62. The third kappa shape index (κ3) is 3.67. The van der Waals surface area contributed by atoms with E-state index in [1.165, 1.54) is 0 Å². The Morgan fingerprint density at radius 2 is 1.56 bits per heavy atom. The molecule has 5 nitrogen and oxygen atoms in total. The fourth-order valence-electron chi connectivity index (χ4n) is 3.01. The van der Waals surface area contributed by atoms with Crippen LogP contribution in [0.25, 0.3) is 0 Å². The smallest absolute Gasteiger partial charge is 0.241 e. The molecule has 1 atom stereocenters. The minimum atomic E-state index is -3.71. The molecule has 1 unspecified atom stereocenters. The molecule has 0 fully saturated rings. The van der Waals surface area contributed by atoms with Crippen molar-refractivity contribution in [2.24, 2.45) is 0 Å². The Morgan fingerprint density at radius 3 is 2.30 bits per heavy atom.